The van der Waals surface area contributed by atoms with E-state index in [1.54, 1.807) is 0 Å². The quantitative estimate of drug-likeness (QED) is 0.742. The molecule has 0 radical (unpaired) electrons. The molecule has 104 valence electrons. The fourth-order valence-electron chi connectivity index (χ4n) is 2.41. The molecular weight excluding hydrogens is 334 g/mol. The van der Waals surface area contributed by atoms with Gasteiger partial charge in [0.1, 0.15) is 5.82 Å². The Morgan fingerprint density at radius 3 is 2.50 bits per heavy atom. The first-order valence-corrected chi connectivity index (χ1v) is 8.91. The van der Waals surface area contributed by atoms with Gasteiger partial charge in [-0.25, -0.2) is 0 Å². The van der Waals surface area contributed by atoms with Crippen molar-refractivity contribution in [1.29, 1.82) is 0 Å². The molecule has 4 rings (SSSR count). The van der Waals surface area contributed by atoms with Gasteiger partial charge in [0.25, 0.3) is 0 Å². The molecular formula is C15H16BrN3S. The lowest BCUT2D eigenvalue weighted by Crippen LogP contribution is -2.01. The van der Waals surface area contributed by atoms with Gasteiger partial charge in [-0.15, -0.1) is 10.2 Å². The summed E-state index contributed by atoms with van der Waals surface area (Å²) in [4.78, 5) is 0. The highest BCUT2D eigenvalue weighted by Gasteiger charge is 2.36. The minimum atomic E-state index is 0.674. The summed E-state index contributed by atoms with van der Waals surface area (Å²) in [5, 5.41) is 10.00. The zero-order valence-corrected chi connectivity index (χ0v) is 13.5. The molecule has 20 heavy (non-hydrogen) atoms. The molecule has 3 nitrogen and oxygen atoms in total. The minimum absolute atomic E-state index is 0.674. The van der Waals surface area contributed by atoms with Gasteiger partial charge in [-0.05, 0) is 43.4 Å². The number of aromatic nitrogens is 3. The summed E-state index contributed by atoms with van der Waals surface area (Å²) in [6.07, 6.45) is 5.18. The van der Waals surface area contributed by atoms with Crippen LogP contribution in [0.4, 0.5) is 0 Å². The Hall–Kier alpha value is -0.810. The molecule has 1 aromatic heterocycles. The molecule has 0 unspecified atom stereocenters. The van der Waals surface area contributed by atoms with Crippen LogP contribution in [0.1, 0.15) is 49.0 Å². The monoisotopic (exact) mass is 349 g/mol. The van der Waals surface area contributed by atoms with Crippen molar-refractivity contribution in [2.45, 2.75) is 48.6 Å². The third kappa shape index (κ3) is 2.66. The summed E-state index contributed by atoms with van der Waals surface area (Å²) >= 11 is 5.29. The fraction of sp³-hybridized carbons (Fsp3) is 0.467. The van der Waals surface area contributed by atoms with Gasteiger partial charge in [0.05, 0.1) is 0 Å². The third-order valence-corrected chi connectivity index (χ3v) is 5.37. The summed E-state index contributed by atoms with van der Waals surface area (Å²) in [5.41, 5.74) is 1.33. The van der Waals surface area contributed by atoms with Crippen molar-refractivity contribution in [3.8, 4) is 0 Å². The minimum Gasteiger partial charge on any atom is -0.303 e. The molecule has 2 aliphatic rings. The van der Waals surface area contributed by atoms with E-state index in [4.69, 9.17) is 0 Å². The van der Waals surface area contributed by atoms with Gasteiger partial charge in [0, 0.05) is 22.2 Å². The van der Waals surface area contributed by atoms with Crippen LogP contribution in [-0.2, 0) is 5.75 Å². The van der Waals surface area contributed by atoms with Gasteiger partial charge in [-0.1, -0.05) is 39.8 Å². The van der Waals surface area contributed by atoms with Crippen molar-refractivity contribution in [3.05, 3.63) is 40.1 Å². The molecule has 0 atom stereocenters. The fourth-order valence-corrected chi connectivity index (χ4v) is 3.64. The number of nitrogens with zero attached hydrogens (tertiary/aromatic N) is 3. The SMILES string of the molecule is Brc1ccc(CSc2nnc(C3CC3)n2C2CC2)cc1. The molecule has 2 fully saturated rings. The molecule has 0 aliphatic heterocycles. The van der Waals surface area contributed by atoms with Crippen molar-refractivity contribution in [3.63, 3.8) is 0 Å². The Kier molecular flexibility index (Phi) is 3.34. The van der Waals surface area contributed by atoms with E-state index in [1.807, 2.05) is 11.8 Å². The van der Waals surface area contributed by atoms with Crippen LogP contribution in [0.3, 0.4) is 0 Å². The molecule has 1 heterocycles. The van der Waals surface area contributed by atoms with Gasteiger partial charge in [-0.2, -0.15) is 0 Å². The predicted octanol–water partition coefficient (Wildman–Crippen LogP) is 4.55. The van der Waals surface area contributed by atoms with E-state index in [2.05, 4.69) is 55.0 Å². The molecule has 2 aromatic rings. The van der Waals surface area contributed by atoms with E-state index in [-0.39, 0.29) is 0 Å². The smallest absolute Gasteiger partial charge is 0.191 e. The standard InChI is InChI=1S/C15H16BrN3S/c16-12-5-1-10(2-6-12)9-20-15-18-17-14(11-3-4-11)19(15)13-7-8-13/h1-2,5-6,11,13H,3-4,7-9H2. The number of hydrogen-bond acceptors (Lipinski definition) is 3. The molecule has 2 aliphatic carbocycles. The van der Waals surface area contributed by atoms with Crippen molar-refractivity contribution in [1.82, 2.24) is 14.8 Å². The highest BCUT2D eigenvalue weighted by Crippen LogP contribution is 2.46. The number of thioether (sulfide) groups is 1. The molecule has 1 aromatic carbocycles. The average Bonchev–Trinajstić information content (AvgIpc) is 3.37. The summed E-state index contributed by atoms with van der Waals surface area (Å²) in [6, 6.07) is 9.19. The number of rotatable bonds is 5. The molecule has 0 bridgehead atoms. The zero-order valence-electron chi connectivity index (χ0n) is 11.1. The molecule has 0 amide bonds. The van der Waals surface area contributed by atoms with Gasteiger partial charge in [0.2, 0.25) is 0 Å². The van der Waals surface area contributed by atoms with Crippen LogP contribution in [0.5, 0.6) is 0 Å². The molecule has 0 spiro atoms. The number of hydrogen-bond donors (Lipinski definition) is 0. The second-order valence-corrected chi connectivity index (χ2v) is 7.49. The van der Waals surface area contributed by atoms with Crippen molar-refractivity contribution >= 4 is 27.7 Å². The Labute approximate surface area is 131 Å². The van der Waals surface area contributed by atoms with E-state index in [0.717, 1.165) is 15.4 Å². The zero-order chi connectivity index (χ0) is 13.5. The van der Waals surface area contributed by atoms with Crippen molar-refractivity contribution in [2.24, 2.45) is 0 Å². The number of halogens is 1. The van der Waals surface area contributed by atoms with E-state index in [9.17, 15) is 0 Å². The van der Waals surface area contributed by atoms with Crippen LogP contribution in [-0.4, -0.2) is 14.8 Å². The molecule has 2 saturated carbocycles. The molecule has 5 heteroatoms. The maximum atomic E-state index is 4.45. The van der Waals surface area contributed by atoms with Crippen LogP contribution in [0.2, 0.25) is 0 Å². The van der Waals surface area contributed by atoms with Crippen LogP contribution >= 0.6 is 27.7 Å². The first-order valence-electron chi connectivity index (χ1n) is 7.13. The average molecular weight is 350 g/mol. The Morgan fingerprint density at radius 2 is 1.85 bits per heavy atom. The number of benzene rings is 1. The van der Waals surface area contributed by atoms with Gasteiger partial charge < -0.3 is 4.57 Å². The van der Waals surface area contributed by atoms with Crippen LogP contribution in [0.25, 0.3) is 0 Å². The largest absolute Gasteiger partial charge is 0.303 e. The van der Waals surface area contributed by atoms with E-state index in [0.29, 0.717) is 12.0 Å². The molecule has 0 N–H and O–H groups in total. The predicted molar refractivity (Wildman–Crippen MR) is 84.0 cm³/mol. The Balaban J connectivity index is 1.52. The highest BCUT2D eigenvalue weighted by atomic mass is 79.9. The van der Waals surface area contributed by atoms with Crippen LogP contribution in [0.15, 0.2) is 33.9 Å². The van der Waals surface area contributed by atoms with Gasteiger partial charge in [0.15, 0.2) is 5.16 Å². The maximum Gasteiger partial charge on any atom is 0.191 e. The lowest BCUT2D eigenvalue weighted by molar-refractivity contribution is 0.627. The van der Waals surface area contributed by atoms with E-state index < -0.39 is 0 Å². The van der Waals surface area contributed by atoms with Crippen molar-refractivity contribution < 1.29 is 0 Å². The first kappa shape index (κ1) is 12.9. The Bertz CT molecular complexity index is 615. The van der Waals surface area contributed by atoms with Crippen LogP contribution in [0, 0.1) is 0 Å². The van der Waals surface area contributed by atoms with E-state index >= 15 is 0 Å². The second kappa shape index (κ2) is 5.19. The summed E-state index contributed by atoms with van der Waals surface area (Å²) < 4.78 is 3.55. The highest BCUT2D eigenvalue weighted by molar-refractivity contribution is 9.10. The summed E-state index contributed by atoms with van der Waals surface area (Å²) in [7, 11) is 0. The topological polar surface area (TPSA) is 30.7 Å². The lowest BCUT2D eigenvalue weighted by atomic mass is 10.2. The first-order chi connectivity index (χ1) is 9.81. The van der Waals surface area contributed by atoms with Crippen LogP contribution < -0.4 is 0 Å². The van der Waals surface area contributed by atoms with Gasteiger partial charge in [-0.3, -0.25) is 0 Å². The van der Waals surface area contributed by atoms with Crippen molar-refractivity contribution in [2.75, 3.05) is 0 Å². The summed E-state index contributed by atoms with van der Waals surface area (Å²) in [6.45, 7) is 0. The Morgan fingerprint density at radius 1 is 1.10 bits per heavy atom. The molecule has 0 saturated heterocycles. The summed E-state index contributed by atoms with van der Waals surface area (Å²) in [5.74, 6) is 2.89. The van der Waals surface area contributed by atoms with Gasteiger partial charge >= 0.3 is 0 Å². The maximum absolute atomic E-state index is 4.45. The lowest BCUT2D eigenvalue weighted by Gasteiger charge is -2.08. The third-order valence-electron chi connectivity index (χ3n) is 3.83. The van der Waals surface area contributed by atoms with E-state index in [1.165, 1.54) is 37.1 Å². The second-order valence-electron chi connectivity index (χ2n) is 5.63. The normalized spacial score (nSPS) is 18.4.